The van der Waals surface area contributed by atoms with Crippen LogP contribution in [0.2, 0.25) is 0 Å². The smallest absolute Gasteiger partial charge is 0.322 e. The van der Waals surface area contributed by atoms with E-state index in [1.807, 2.05) is 18.2 Å². The van der Waals surface area contributed by atoms with Gasteiger partial charge < -0.3 is 20.1 Å². The minimum absolute atomic E-state index is 0.203. The molecule has 1 fully saturated rings. The van der Waals surface area contributed by atoms with Crippen molar-refractivity contribution in [2.24, 2.45) is 0 Å². The lowest BCUT2D eigenvalue weighted by Crippen LogP contribution is -2.40. The number of hydrogen-bond acceptors (Lipinski definition) is 8. The number of hydrogen-bond donors (Lipinski definition) is 3. The summed E-state index contributed by atoms with van der Waals surface area (Å²) in [6.07, 6.45) is 3.86. The van der Waals surface area contributed by atoms with Crippen molar-refractivity contribution in [3.05, 3.63) is 24.4 Å². The highest BCUT2D eigenvalue weighted by molar-refractivity contribution is 5.82. The van der Waals surface area contributed by atoms with Crippen molar-refractivity contribution in [2.45, 2.75) is 25.5 Å². The number of fused-ring (bicyclic) bond motifs is 1. The Morgan fingerprint density at radius 1 is 1.28 bits per heavy atom. The van der Waals surface area contributed by atoms with Gasteiger partial charge in [-0.2, -0.15) is 20.1 Å². The molecule has 4 rings (SSSR count). The van der Waals surface area contributed by atoms with E-state index in [1.165, 1.54) is 7.11 Å². The summed E-state index contributed by atoms with van der Waals surface area (Å²) in [5.74, 6) is 0.772. The number of rotatable bonds is 4. The van der Waals surface area contributed by atoms with Crippen LogP contribution in [0.1, 0.15) is 19.3 Å². The fourth-order valence-electron chi connectivity index (χ4n) is 2.92. The maximum absolute atomic E-state index is 10.2. The molecule has 130 valence electrons. The number of aliphatic hydroxyl groups is 1. The number of aromatic amines is 1. The lowest BCUT2D eigenvalue weighted by Gasteiger charge is -2.32. The number of methoxy groups -OCH3 is 1. The fourth-order valence-corrected chi connectivity index (χ4v) is 2.92. The molecule has 1 aliphatic rings. The van der Waals surface area contributed by atoms with Crippen LogP contribution < -0.4 is 15.0 Å². The molecule has 25 heavy (non-hydrogen) atoms. The summed E-state index contributed by atoms with van der Waals surface area (Å²) in [7, 11) is 1.51. The molecule has 9 nitrogen and oxygen atoms in total. The van der Waals surface area contributed by atoms with Gasteiger partial charge in [0.15, 0.2) is 0 Å². The van der Waals surface area contributed by atoms with Gasteiger partial charge in [0.1, 0.15) is 6.23 Å². The van der Waals surface area contributed by atoms with E-state index in [0.29, 0.717) is 24.9 Å². The van der Waals surface area contributed by atoms with Crippen LogP contribution in [-0.2, 0) is 0 Å². The highest BCUT2D eigenvalue weighted by atomic mass is 16.5. The molecule has 1 aromatic carbocycles. The largest absolute Gasteiger partial charge is 0.467 e. The summed E-state index contributed by atoms with van der Waals surface area (Å²) in [5.41, 5.74) is 1.78. The van der Waals surface area contributed by atoms with Crippen LogP contribution in [0.25, 0.3) is 10.9 Å². The summed E-state index contributed by atoms with van der Waals surface area (Å²) in [4.78, 5) is 14.7. The summed E-state index contributed by atoms with van der Waals surface area (Å²) in [6, 6.07) is 5.99. The molecule has 3 N–H and O–H groups in total. The first-order valence-electron chi connectivity index (χ1n) is 8.18. The number of anilines is 3. The van der Waals surface area contributed by atoms with E-state index < -0.39 is 6.23 Å². The second-order valence-electron chi connectivity index (χ2n) is 5.91. The predicted molar refractivity (Wildman–Crippen MR) is 93.0 cm³/mol. The molecule has 1 aliphatic heterocycles. The van der Waals surface area contributed by atoms with Crippen molar-refractivity contribution in [2.75, 3.05) is 23.9 Å². The van der Waals surface area contributed by atoms with Gasteiger partial charge in [-0.3, -0.25) is 5.10 Å². The van der Waals surface area contributed by atoms with Gasteiger partial charge >= 0.3 is 6.01 Å². The monoisotopic (exact) mass is 341 g/mol. The number of aliphatic hydroxyl groups excluding tert-OH is 1. The molecule has 1 saturated heterocycles. The van der Waals surface area contributed by atoms with Crippen LogP contribution in [0.5, 0.6) is 6.01 Å². The third-order valence-corrected chi connectivity index (χ3v) is 4.21. The quantitative estimate of drug-likeness (QED) is 0.659. The van der Waals surface area contributed by atoms with E-state index in [4.69, 9.17) is 4.74 Å². The van der Waals surface area contributed by atoms with Gasteiger partial charge in [-0.25, -0.2) is 0 Å². The first-order chi connectivity index (χ1) is 12.2. The molecule has 0 radical (unpaired) electrons. The number of ether oxygens (including phenoxy) is 1. The first-order valence-corrected chi connectivity index (χ1v) is 8.18. The van der Waals surface area contributed by atoms with E-state index in [-0.39, 0.29) is 6.01 Å². The Hall–Kier alpha value is -2.94. The Balaban J connectivity index is 1.65. The minimum Gasteiger partial charge on any atom is -0.467 e. The Morgan fingerprint density at radius 3 is 3.04 bits per heavy atom. The highest BCUT2D eigenvalue weighted by Gasteiger charge is 2.24. The maximum atomic E-state index is 10.2. The number of piperidine rings is 1. The van der Waals surface area contributed by atoms with Gasteiger partial charge in [0.25, 0.3) is 0 Å². The predicted octanol–water partition coefficient (Wildman–Crippen LogP) is 1.81. The van der Waals surface area contributed by atoms with Gasteiger partial charge in [-0.15, -0.1) is 0 Å². The van der Waals surface area contributed by atoms with Gasteiger partial charge in [-0.1, -0.05) is 0 Å². The first kappa shape index (κ1) is 15.6. The average molecular weight is 341 g/mol. The molecule has 2 aromatic heterocycles. The van der Waals surface area contributed by atoms with Crippen molar-refractivity contribution >= 4 is 28.5 Å². The van der Waals surface area contributed by atoms with E-state index in [2.05, 4.69) is 30.5 Å². The van der Waals surface area contributed by atoms with Crippen LogP contribution in [0.4, 0.5) is 17.6 Å². The van der Waals surface area contributed by atoms with Crippen LogP contribution in [0, 0.1) is 0 Å². The van der Waals surface area contributed by atoms with Gasteiger partial charge in [0, 0.05) is 17.6 Å². The third kappa shape index (κ3) is 3.18. The Labute approximate surface area is 144 Å². The molecule has 3 aromatic rings. The molecule has 1 unspecified atom stereocenters. The van der Waals surface area contributed by atoms with Crippen molar-refractivity contribution in [1.82, 2.24) is 25.1 Å². The standard InChI is InChI=1S/C16H19N7O2/c1-25-16-20-14(18-11-5-6-12-10(8-11)9-17-22-12)19-15(21-16)23-7-3-2-4-13(23)24/h5-6,8-9,13,24H,2-4,7H2,1H3,(H,17,22)(H,18,19,20,21). The van der Waals surface area contributed by atoms with Crippen molar-refractivity contribution < 1.29 is 9.84 Å². The number of benzene rings is 1. The summed E-state index contributed by atoms with van der Waals surface area (Å²) >= 11 is 0. The summed E-state index contributed by atoms with van der Waals surface area (Å²) in [5, 5.41) is 21.3. The van der Waals surface area contributed by atoms with Gasteiger partial charge in [-0.05, 0) is 37.5 Å². The molecule has 0 saturated carbocycles. The molecule has 0 spiro atoms. The fraction of sp³-hybridized carbons (Fsp3) is 0.375. The van der Waals surface area contributed by atoms with E-state index in [9.17, 15) is 5.11 Å². The average Bonchev–Trinajstić information content (AvgIpc) is 3.09. The van der Waals surface area contributed by atoms with Crippen LogP contribution in [-0.4, -0.2) is 50.1 Å². The SMILES string of the molecule is COc1nc(Nc2ccc3[nH]ncc3c2)nc(N2CCCCC2O)n1. The molecule has 0 aliphatic carbocycles. The second kappa shape index (κ2) is 6.52. The maximum Gasteiger partial charge on any atom is 0.322 e. The van der Waals surface area contributed by atoms with Crippen LogP contribution >= 0.6 is 0 Å². The topological polar surface area (TPSA) is 112 Å². The molecule has 0 bridgehead atoms. The number of nitrogens with zero attached hydrogens (tertiary/aromatic N) is 5. The third-order valence-electron chi connectivity index (χ3n) is 4.21. The van der Waals surface area contributed by atoms with E-state index >= 15 is 0 Å². The van der Waals surface area contributed by atoms with E-state index in [0.717, 1.165) is 29.4 Å². The molecule has 0 amide bonds. The van der Waals surface area contributed by atoms with Crippen LogP contribution in [0.3, 0.4) is 0 Å². The minimum atomic E-state index is -0.587. The van der Waals surface area contributed by atoms with E-state index in [1.54, 1.807) is 11.1 Å². The summed E-state index contributed by atoms with van der Waals surface area (Å²) in [6.45, 7) is 0.703. The Bertz CT molecular complexity index is 882. The van der Waals surface area contributed by atoms with Gasteiger partial charge in [0.05, 0.1) is 18.8 Å². The lowest BCUT2D eigenvalue weighted by atomic mass is 10.1. The van der Waals surface area contributed by atoms with Crippen molar-refractivity contribution in [1.29, 1.82) is 0 Å². The molecule has 9 heteroatoms. The molecule has 3 heterocycles. The van der Waals surface area contributed by atoms with Gasteiger partial charge in [0.2, 0.25) is 11.9 Å². The van der Waals surface area contributed by atoms with Crippen molar-refractivity contribution in [3.8, 4) is 6.01 Å². The molecule has 1 atom stereocenters. The lowest BCUT2D eigenvalue weighted by molar-refractivity contribution is 0.138. The zero-order valence-corrected chi connectivity index (χ0v) is 13.8. The zero-order chi connectivity index (χ0) is 17.2. The second-order valence-corrected chi connectivity index (χ2v) is 5.91. The number of H-pyrrole nitrogens is 1. The summed E-state index contributed by atoms with van der Waals surface area (Å²) < 4.78 is 5.19. The molecular formula is C16H19N7O2. The zero-order valence-electron chi connectivity index (χ0n) is 13.8. The Kier molecular flexibility index (Phi) is 4.06. The molecular weight excluding hydrogens is 322 g/mol. The number of aromatic nitrogens is 5. The normalized spacial score (nSPS) is 17.7. The number of nitrogens with one attached hydrogen (secondary N) is 2. The van der Waals surface area contributed by atoms with Crippen molar-refractivity contribution in [3.63, 3.8) is 0 Å². The van der Waals surface area contributed by atoms with Crippen LogP contribution in [0.15, 0.2) is 24.4 Å². The highest BCUT2D eigenvalue weighted by Crippen LogP contribution is 2.24. The Morgan fingerprint density at radius 2 is 2.20 bits per heavy atom.